The lowest BCUT2D eigenvalue weighted by Gasteiger charge is -2.22. The van der Waals surface area contributed by atoms with Gasteiger partial charge in [-0.1, -0.05) is 23.2 Å². The molecule has 116 valence electrons. The SMILES string of the molecule is CC(C#N)(NC(=O)COC(=O)c1nc(Cl)ccc1Cl)C1CC1. The van der Waals surface area contributed by atoms with E-state index in [1.54, 1.807) is 6.92 Å². The summed E-state index contributed by atoms with van der Waals surface area (Å²) < 4.78 is 4.85. The smallest absolute Gasteiger partial charge is 0.359 e. The van der Waals surface area contributed by atoms with Crippen LogP contribution in [0.25, 0.3) is 0 Å². The summed E-state index contributed by atoms with van der Waals surface area (Å²) in [6, 6.07) is 4.93. The zero-order valence-electron chi connectivity index (χ0n) is 11.7. The summed E-state index contributed by atoms with van der Waals surface area (Å²) in [5.41, 5.74) is -1.10. The number of pyridine rings is 1. The second kappa shape index (κ2) is 6.51. The van der Waals surface area contributed by atoms with Gasteiger partial charge in [-0.25, -0.2) is 9.78 Å². The van der Waals surface area contributed by atoms with Crippen LogP contribution >= 0.6 is 23.2 Å². The van der Waals surface area contributed by atoms with Crippen molar-refractivity contribution in [2.75, 3.05) is 6.61 Å². The maximum atomic E-state index is 11.8. The molecule has 0 saturated heterocycles. The Bertz CT molecular complexity index is 655. The first-order valence-electron chi connectivity index (χ1n) is 6.57. The minimum Gasteiger partial charge on any atom is -0.451 e. The van der Waals surface area contributed by atoms with Crippen molar-refractivity contribution >= 4 is 35.1 Å². The third-order valence-electron chi connectivity index (χ3n) is 3.36. The molecule has 0 aliphatic heterocycles. The van der Waals surface area contributed by atoms with E-state index in [9.17, 15) is 9.59 Å². The molecule has 1 heterocycles. The summed E-state index contributed by atoms with van der Waals surface area (Å²) >= 11 is 11.5. The van der Waals surface area contributed by atoms with E-state index in [2.05, 4.69) is 16.4 Å². The zero-order valence-corrected chi connectivity index (χ0v) is 13.2. The fourth-order valence-corrected chi connectivity index (χ4v) is 2.30. The van der Waals surface area contributed by atoms with Crippen LogP contribution in [0.5, 0.6) is 0 Å². The number of rotatable bonds is 5. The van der Waals surface area contributed by atoms with Crippen molar-refractivity contribution < 1.29 is 14.3 Å². The molecule has 1 aliphatic rings. The Balaban J connectivity index is 1.92. The number of hydrogen-bond acceptors (Lipinski definition) is 5. The number of carbonyl (C=O) groups excluding carboxylic acids is 2. The lowest BCUT2D eigenvalue weighted by atomic mass is 9.98. The van der Waals surface area contributed by atoms with Crippen molar-refractivity contribution in [3.8, 4) is 6.07 Å². The van der Waals surface area contributed by atoms with E-state index in [0.29, 0.717) is 0 Å². The van der Waals surface area contributed by atoms with E-state index in [1.165, 1.54) is 12.1 Å². The van der Waals surface area contributed by atoms with Crippen LogP contribution in [0.3, 0.4) is 0 Å². The van der Waals surface area contributed by atoms with Crippen LogP contribution in [-0.4, -0.2) is 29.0 Å². The molecule has 0 bridgehead atoms. The van der Waals surface area contributed by atoms with Gasteiger partial charge >= 0.3 is 5.97 Å². The third-order valence-corrected chi connectivity index (χ3v) is 3.88. The minimum absolute atomic E-state index is 0.0784. The van der Waals surface area contributed by atoms with Gasteiger partial charge in [0.15, 0.2) is 12.3 Å². The van der Waals surface area contributed by atoms with E-state index in [1.807, 2.05) is 0 Å². The van der Waals surface area contributed by atoms with E-state index < -0.39 is 24.0 Å². The predicted octanol–water partition coefficient (Wildman–Crippen LogP) is 2.35. The van der Waals surface area contributed by atoms with Crippen LogP contribution in [-0.2, 0) is 9.53 Å². The molecule has 1 aromatic rings. The number of nitriles is 1. The summed E-state index contributed by atoms with van der Waals surface area (Å²) in [6.45, 7) is 1.13. The highest BCUT2D eigenvalue weighted by atomic mass is 35.5. The molecule has 1 aliphatic carbocycles. The van der Waals surface area contributed by atoms with Crippen LogP contribution in [0.2, 0.25) is 10.2 Å². The number of esters is 1. The molecule has 1 N–H and O–H groups in total. The van der Waals surface area contributed by atoms with Crippen molar-refractivity contribution in [2.24, 2.45) is 5.92 Å². The van der Waals surface area contributed by atoms with Crippen LogP contribution in [0, 0.1) is 17.2 Å². The van der Waals surface area contributed by atoms with Gasteiger partial charge in [-0.05, 0) is 37.8 Å². The summed E-state index contributed by atoms with van der Waals surface area (Å²) in [6.07, 6.45) is 1.79. The Kier molecular flexibility index (Phi) is 4.89. The molecule has 1 unspecified atom stereocenters. The van der Waals surface area contributed by atoms with Gasteiger partial charge in [-0.15, -0.1) is 0 Å². The molecule has 22 heavy (non-hydrogen) atoms. The lowest BCUT2D eigenvalue weighted by molar-refractivity contribution is -0.125. The summed E-state index contributed by atoms with van der Waals surface area (Å²) in [4.78, 5) is 27.4. The molecular weight excluding hydrogens is 329 g/mol. The number of hydrogen-bond donors (Lipinski definition) is 1. The van der Waals surface area contributed by atoms with Crippen molar-refractivity contribution in [1.29, 1.82) is 5.26 Å². The molecule has 1 atom stereocenters. The van der Waals surface area contributed by atoms with Gasteiger partial charge in [0.1, 0.15) is 10.7 Å². The van der Waals surface area contributed by atoms with Crippen molar-refractivity contribution in [3.05, 3.63) is 28.0 Å². The number of nitrogens with zero attached hydrogens (tertiary/aromatic N) is 2. The Morgan fingerprint density at radius 2 is 2.18 bits per heavy atom. The molecule has 8 heteroatoms. The number of amides is 1. The molecule has 2 rings (SSSR count). The Morgan fingerprint density at radius 3 is 2.77 bits per heavy atom. The first-order chi connectivity index (χ1) is 10.4. The molecule has 0 radical (unpaired) electrons. The third kappa shape index (κ3) is 3.87. The highest BCUT2D eigenvalue weighted by Crippen LogP contribution is 2.39. The summed E-state index contributed by atoms with van der Waals surface area (Å²) in [5, 5.41) is 11.9. The van der Waals surface area contributed by atoms with Crippen molar-refractivity contribution in [3.63, 3.8) is 0 Å². The fourth-order valence-electron chi connectivity index (χ4n) is 1.97. The van der Waals surface area contributed by atoms with E-state index in [0.717, 1.165) is 12.8 Å². The average molecular weight is 342 g/mol. The second-order valence-electron chi connectivity index (χ2n) is 5.18. The fraction of sp³-hybridized carbons (Fsp3) is 0.429. The first kappa shape index (κ1) is 16.5. The second-order valence-corrected chi connectivity index (χ2v) is 5.97. The quantitative estimate of drug-likeness (QED) is 0.655. The maximum absolute atomic E-state index is 11.8. The number of aromatic nitrogens is 1. The largest absolute Gasteiger partial charge is 0.451 e. The Hall–Kier alpha value is -1.84. The molecule has 6 nitrogen and oxygen atoms in total. The van der Waals surface area contributed by atoms with Crippen LogP contribution in [0.4, 0.5) is 0 Å². The number of ether oxygens (including phenoxy) is 1. The van der Waals surface area contributed by atoms with Gasteiger partial charge in [0.2, 0.25) is 0 Å². The van der Waals surface area contributed by atoms with E-state index in [-0.39, 0.29) is 21.8 Å². The summed E-state index contributed by atoms with van der Waals surface area (Å²) in [7, 11) is 0. The van der Waals surface area contributed by atoms with Gasteiger partial charge in [0.25, 0.3) is 5.91 Å². The van der Waals surface area contributed by atoms with Gasteiger partial charge < -0.3 is 10.1 Å². The molecular formula is C14H13Cl2N3O3. The van der Waals surface area contributed by atoms with Gasteiger partial charge in [0, 0.05) is 0 Å². The zero-order chi connectivity index (χ0) is 16.3. The topological polar surface area (TPSA) is 92.1 Å². The molecule has 0 spiro atoms. The normalized spacial score (nSPS) is 16.3. The van der Waals surface area contributed by atoms with Crippen LogP contribution in [0.1, 0.15) is 30.3 Å². The summed E-state index contributed by atoms with van der Waals surface area (Å²) in [5.74, 6) is -1.27. The maximum Gasteiger partial charge on any atom is 0.359 e. The van der Waals surface area contributed by atoms with Crippen LogP contribution in [0.15, 0.2) is 12.1 Å². The minimum atomic E-state index is -0.935. The van der Waals surface area contributed by atoms with Crippen LogP contribution < -0.4 is 5.32 Å². The average Bonchev–Trinajstić information content (AvgIpc) is 3.32. The van der Waals surface area contributed by atoms with Gasteiger partial charge in [-0.2, -0.15) is 5.26 Å². The Morgan fingerprint density at radius 1 is 1.50 bits per heavy atom. The molecule has 1 saturated carbocycles. The monoisotopic (exact) mass is 341 g/mol. The lowest BCUT2D eigenvalue weighted by Crippen LogP contribution is -2.48. The van der Waals surface area contributed by atoms with Crippen molar-refractivity contribution in [1.82, 2.24) is 10.3 Å². The number of carbonyl (C=O) groups is 2. The molecule has 1 amide bonds. The number of nitrogens with one attached hydrogen (secondary N) is 1. The van der Waals surface area contributed by atoms with E-state index in [4.69, 9.17) is 33.2 Å². The highest BCUT2D eigenvalue weighted by molar-refractivity contribution is 6.34. The van der Waals surface area contributed by atoms with E-state index >= 15 is 0 Å². The predicted molar refractivity (Wildman–Crippen MR) is 79.4 cm³/mol. The van der Waals surface area contributed by atoms with Gasteiger partial charge in [0.05, 0.1) is 11.1 Å². The molecule has 1 fully saturated rings. The standard InChI is InChI=1S/C14H13Cl2N3O3/c1-14(7-17,8-2-3-8)19-11(20)6-22-13(21)12-9(15)4-5-10(16)18-12/h4-5,8H,2-3,6H2,1H3,(H,19,20). The van der Waals surface area contributed by atoms with Crippen molar-refractivity contribution in [2.45, 2.75) is 25.3 Å². The molecule has 1 aromatic heterocycles. The van der Waals surface area contributed by atoms with Gasteiger partial charge in [-0.3, -0.25) is 4.79 Å². The Labute approximate surface area is 137 Å². The first-order valence-corrected chi connectivity index (χ1v) is 7.33. The number of halogens is 2. The highest BCUT2D eigenvalue weighted by Gasteiger charge is 2.43. The molecule has 0 aromatic carbocycles.